The summed E-state index contributed by atoms with van der Waals surface area (Å²) in [7, 11) is 0. The van der Waals surface area contributed by atoms with Crippen LogP contribution in [0, 0.1) is 5.82 Å². The zero-order valence-corrected chi connectivity index (χ0v) is 11.6. The van der Waals surface area contributed by atoms with Crippen molar-refractivity contribution in [3.63, 3.8) is 0 Å². The van der Waals surface area contributed by atoms with Crippen LogP contribution in [0.15, 0.2) is 22.7 Å². The van der Waals surface area contributed by atoms with E-state index in [1.54, 1.807) is 6.07 Å². The SMILES string of the molecule is CCSCC(Cc1cccc(F)c1Br)NN. The second kappa shape index (κ2) is 7.27. The molecule has 16 heavy (non-hydrogen) atoms. The van der Waals surface area contributed by atoms with Crippen molar-refractivity contribution in [1.29, 1.82) is 0 Å². The highest BCUT2D eigenvalue weighted by Crippen LogP contribution is 2.22. The Hall–Kier alpha value is -0.100. The van der Waals surface area contributed by atoms with Crippen molar-refractivity contribution in [2.24, 2.45) is 5.84 Å². The number of halogens is 2. The number of hydrazine groups is 1. The highest BCUT2D eigenvalue weighted by Gasteiger charge is 2.11. The van der Waals surface area contributed by atoms with Crippen molar-refractivity contribution in [2.75, 3.05) is 11.5 Å². The van der Waals surface area contributed by atoms with Gasteiger partial charge in [-0.1, -0.05) is 19.1 Å². The monoisotopic (exact) mass is 306 g/mol. The first-order valence-corrected chi connectivity index (χ1v) is 7.10. The van der Waals surface area contributed by atoms with Gasteiger partial charge in [0.25, 0.3) is 0 Å². The molecule has 0 heterocycles. The Labute approximate surface area is 108 Å². The molecule has 3 N–H and O–H groups in total. The van der Waals surface area contributed by atoms with E-state index in [2.05, 4.69) is 28.3 Å². The lowest BCUT2D eigenvalue weighted by atomic mass is 10.1. The fraction of sp³-hybridized carbons (Fsp3) is 0.455. The second-order valence-electron chi connectivity index (χ2n) is 3.44. The van der Waals surface area contributed by atoms with Crippen molar-refractivity contribution >= 4 is 27.7 Å². The van der Waals surface area contributed by atoms with Gasteiger partial charge in [0.05, 0.1) is 4.47 Å². The van der Waals surface area contributed by atoms with E-state index in [1.807, 2.05) is 17.8 Å². The molecule has 1 aromatic rings. The van der Waals surface area contributed by atoms with Crippen LogP contribution in [0.1, 0.15) is 12.5 Å². The third-order valence-corrected chi connectivity index (χ3v) is 4.19. The summed E-state index contributed by atoms with van der Waals surface area (Å²) in [5.74, 6) is 7.24. The Balaban J connectivity index is 2.66. The first-order valence-electron chi connectivity index (χ1n) is 5.15. The maximum absolute atomic E-state index is 13.3. The lowest BCUT2D eigenvalue weighted by Gasteiger charge is -2.16. The summed E-state index contributed by atoms with van der Waals surface area (Å²) in [6.45, 7) is 2.11. The quantitative estimate of drug-likeness (QED) is 0.627. The topological polar surface area (TPSA) is 38.0 Å². The predicted octanol–water partition coefficient (Wildman–Crippen LogP) is 2.72. The number of hydrogen-bond donors (Lipinski definition) is 2. The molecule has 2 nitrogen and oxygen atoms in total. The second-order valence-corrected chi connectivity index (χ2v) is 5.55. The average molecular weight is 307 g/mol. The fourth-order valence-corrected chi connectivity index (χ4v) is 2.56. The Bertz CT molecular complexity index is 336. The molecule has 1 atom stereocenters. The van der Waals surface area contributed by atoms with Gasteiger partial charge in [-0.3, -0.25) is 11.3 Å². The van der Waals surface area contributed by atoms with Gasteiger partial charge in [-0.2, -0.15) is 11.8 Å². The van der Waals surface area contributed by atoms with E-state index in [0.29, 0.717) is 4.47 Å². The molecule has 0 aliphatic rings. The average Bonchev–Trinajstić information content (AvgIpc) is 2.30. The summed E-state index contributed by atoms with van der Waals surface area (Å²) in [6.07, 6.45) is 0.724. The Morgan fingerprint density at radius 3 is 2.94 bits per heavy atom. The van der Waals surface area contributed by atoms with Gasteiger partial charge in [-0.25, -0.2) is 4.39 Å². The van der Waals surface area contributed by atoms with Gasteiger partial charge < -0.3 is 0 Å². The van der Waals surface area contributed by atoms with Crippen LogP contribution in [0.4, 0.5) is 4.39 Å². The van der Waals surface area contributed by atoms with Crippen molar-refractivity contribution in [2.45, 2.75) is 19.4 Å². The molecule has 0 amide bonds. The third-order valence-electron chi connectivity index (χ3n) is 2.26. The summed E-state index contributed by atoms with van der Waals surface area (Å²) >= 11 is 5.07. The summed E-state index contributed by atoms with van der Waals surface area (Å²) in [6, 6.07) is 5.24. The van der Waals surface area contributed by atoms with Crippen molar-refractivity contribution in [1.82, 2.24) is 5.43 Å². The minimum absolute atomic E-state index is 0.169. The van der Waals surface area contributed by atoms with Crippen LogP contribution in [-0.2, 0) is 6.42 Å². The van der Waals surface area contributed by atoms with Gasteiger partial charge in [0, 0.05) is 11.8 Å². The van der Waals surface area contributed by atoms with Gasteiger partial charge in [0.1, 0.15) is 5.82 Å². The largest absolute Gasteiger partial charge is 0.271 e. The molecule has 5 heteroatoms. The maximum atomic E-state index is 13.3. The summed E-state index contributed by atoms with van der Waals surface area (Å²) in [5.41, 5.74) is 3.71. The number of rotatable bonds is 6. The van der Waals surface area contributed by atoms with Gasteiger partial charge in [-0.15, -0.1) is 0 Å². The van der Waals surface area contributed by atoms with Crippen LogP contribution < -0.4 is 11.3 Å². The summed E-state index contributed by atoms with van der Waals surface area (Å²) < 4.78 is 13.8. The standard InChI is InChI=1S/C11H16BrFN2S/c1-2-16-7-9(15-14)6-8-4-3-5-10(13)11(8)12/h3-5,9,15H,2,6-7,14H2,1H3. The van der Waals surface area contributed by atoms with Crippen LogP contribution in [0.25, 0.3) is 0 Å². The summed E-state index contributed by atoms with van der Waals surface area (Å²) in [4.78, 5) is 0. The number of benzene rings is 1. The molecule has 0 aliphatic carbocycles. The van der Waals surface area contributed by atoms with E-state index in [-0.39, 0.29) is 11.9 Å². The van der Waals surface area contributed by atoms with Crippen LogP contribution in [-0.4, -0.2) is 17.5 Å². The molecule has 0 saturated heterocycles. The summed E-state index contributed by atoms with van der Waals surface area (Å²) in [5, 5.41) is 0. The van der Waals surface area contributed by atoms with E-state index >= 15 is 0 Å². The highest BCUT2D eigenvalue weighted by molar-refractivity contribution is 9.10. The minimum atomic E-state index is -0.226. The van der Waals surface area contributed by atoms with E-state index < -0.39 is 0 Å². The number of hydrogen-bond acceptors (Lipinski definition) is 3. The molecule has 1 unspecified atom stereocenters. The molecule has 0 spiro atoms. The molecular weight excluding hydrogens is 291 g/mol. The number of nitrogens with two attached hydrogens (primary N) is 1. The highest BCUT2D eigenvalue weighted by atomic mass is 79.9. The molecule has 90 valence electrons. The Morgan fingerprint density at radius 1 is 1.56 bits per heavy atom. The van der Waals surface area contributed by atoms with Gasteiger partial charge in [0.15, 0.2) is 0 Å². The van der Waals surface area contributed by atoms with Crippen LogP contribution >= 0.6 is 27.7 Å². The van der Waals surface area contributed by atoms with Crippen molar-refractivity contribution in [3.05, 3.63) is 34.1 Å². The fourth-order valence-electron chi connectivity index (χ4n) is 1.40. The molecule has 1 rings (SSSR count). The molecule has 0 fully saturated rings. The van der Waals surface area contributed by atoms with Crippen molar-refractivity contribution in [3.8, 4) is 0 Å². The van der Waals surface area contributed by atoms with Crippen LogP contribution in [0.2, 0.25) is 0 Å². The molecule has 0 bridgehead atoms. The van der Waals surface area contributed by atoms with E-state index in [4.69, 9.17) is 5.84 Å². The first kappa shape index (κ1) is 14.0. The molecule has 0 aromatic heterocycles. The molecule has 0 saturated carbocycles. The molecular formula is C11H16BrFN2S. The number of thioether (sulfide) groups is 1. The van der Waals surface area contributed by atoms with E-state index in [0.717, 1.165) is 23.5 Å². The molecule has 0 aliphatic heterocycles. The molecule has 1 aromatic carbocycles. The maximum Gasteiger partial charge on any atom is 0.137 e. The van der Waals surface area contributed by atoms with Crippen LogP contribution in [0.5, 0.6) is 0 Å². The number of nitrogens with one attached hydrogen (secondary N) is 1. The molecule has 0 radical (unpaired) electrons. The zero-order valence-electron chi connectivity index (χ0n) is 9.17. The zero-order chi connectivity index (χ0) is 12.0. The third kappa shape index (κ3) is 4.05. The minimum Gasteiger partial charge on any atom is -0.271 e. The Morgan fingerprint density at radius 2 is 2.31 bits per heavy atom. The first-order chi connectivity index (χ1) is 7.69. The normalized spacial score (nSPS) is 12.8. The van der Waals surface area contributed by atoms with E-state index in [9.17, 15) is 4.39 Å². The van der Waals surface area contributed by atoms with E-state index in [1.165, 1.54) is 6.07 Å². The van der Waals surface area contributed by atoms with Gasteiger partial charge in [-0.05, 0) is 39.7 Å². The van der Waals surface area contributed by atoms with Crippen LogP contribution in [0.3, 0.4) is 0 Å². The van der Waals surface area contributed by atoms with Gasteiger partial charge >= 0.3 is 0 Å². The lowest BCUT2D eigenvalue weighted by molar-refractivity contribution is 0.568. The smallest absolute Gasteiger partial charge is 0.137 e. The predicted molar refractivity (Wildman–Crippen MR) is 71.9 cm³/mol. The van der Waals surface area contributed by atoms with Gasteiger partial charge in [0.2, 0.25) is 0 Å². The Kier molecular flexibility index (Phi) is 6.34. The lowest BCUT2D eigenvalue weighted by Crippen LogP contribution is -2.38. The van der Waals surface area contributed by atoms with Crippen molar-refractivity contribution < 1.29 is 4.39 Å².